The van der Waals surface area contributed by atoms with Crippen LogP contribution in [0.4, 0.5) is 0 Å². The van der Waals surface area contributed by atoms with Crippen molar-refractivity contribution in [3.05, 3.63) is 83.9 Å². The molecular weight excluding hydrogens is 338 g/mol. The minimum atomic E-state index is -0.563. The number of primary amides is 1. The minimum absolute atomic E-state index is 0.143. The number of para-hydroxylation sites is 1. The summed E-state index contributed by atoms with van der Waals surface area (Å²) in [5.74, 6) is -0.421. The lowest BCUT2D eigenvalue weighted by atomic mass is 10.0. The summed E-state index contributed by atoms with van der Waals surface area (Å²) in [4.78, 5) is 12.4. The zero-order valence-electron chi connectivity index (χ0n) is 14.3. The smallest absolute Gasteiger partial charge is 0.251 e. The molecule has 0 aliphatic carbocycles. The van der Waals surface area contributed by atoms with Gasteiger partial charge in [-0.2, -0.15) is 5.26 Å². The van der Waals surface area contributed by atoms with E-state index in [0.29, 0.717) is 27.8 Å². The van der Waals surface area contributed by atoms with Gasteiger partial charge in [0.15, 0.2) is 0 Å². The summed E-state index contributed by atoms with van der Waals surface area (Å²) < 4.78 is 1.89. The van der Waals surface area contributed by atoms with Gasteiger partial charge in [-0.25, -0.2) is 0 Å². The van der Waals surface area contributed by atoms with Gasteiger partial charge in [0, 0.05) is 16.6 Å². The standard InChI is InChI=1S/C22H15N3O2/c23-13-14-5-1-2-6-17(14)21-20(22(24)27)18-7-3-4-8-19(18)25(21)15-9-11-16(26)12-10-15/h1-12,26H,(H2,24,27). The predicted octanol–water partition coefficient (Wildman–Crippen LogP) is 3.97. The summed E-state index contributed by atoms with van der Waals surface area (Å²) in [5, 5.41) is 19.9. The molecule has 4 aromatic rings. The Kier molecular flexibility index (Phi) is 3.87. The number of carbonyl (C=O) groups excluding carboxylic acids is 1. The average molecular weight is 353 g/mol. The van der Waals surface area contributed by atoms with Crippen molar-refractivity contribution >= 4 is 16.8 Å². The van der Waals surface area contributed by atoms with Crippen molar-refractivity contribution in [3.8, 4) is 28.8 Å². The number of carbonyl (C=O) groups is 1. The molecule has 0 aliphatic rings. The highest BCUT2D eigenvalue weighted by atomic mass is 16.3. The fourth-order valence-corrected chi connectivity index (χ4v) is 3.40. The predicted molar refractivity (Wildman–Crippen MR) is 104 cm³/mol. The summed E-state index contributed by atoms with van der Waals surface area (Å²) in [6.07, 6.45) is 0. The van der Waals surface area contributed by atoms with Crippen molar-refractivity contribution in [1.82, 2.24) is 4.57 Å². The van der Waals surface area contributed by atoms with Gasteiger partial charge in [-0.05, 0) is 36.4 Å². The second kappa shape index (κ2) is 6.36. The highest BCUT2D eigenvalue weighted by Gasteiger charge is 2.24. The third-order valence-corrected chi connectivity index (χ3v) is 4.53. The zero-order valence-corrected chi connectivity index (χ0v) is 14.3. The average Bonchev–Trinajstić information content (AvgIpc) is 3.04. The van der Waals surface area contributed by atoms with E-state index in [0.717, 1.165) is 11.2 Å². The number of amides is 1. The Morgan fingerprint density at radius 3 is 2.33 bits per heavy atom. The molecule has 4 rings (SSSR count). The van der Waals surface area contributed by atoms with Crippen LogP contribution in [0.25, 0.3) is 27.8 Å². The van der Waals surface area contributed by atoms with E-state index in [1.54, 1.807) is 42.5 Å². The van der Waals surface area contributed by atoms with Crippen molar-refractivity contribution in [2.45, 2.75) is 0 Å². The molecule has 0 fully saturated rings. The molecule has 3 aromatic carbocycles. The quantitative estimate of drug-likeness (QED) is 0.583. The molecule has 0 unspecified atom stereocenters. The van der Waals surface area contributed by atoms with E-state index in [4.69, 9.17) is 5.73 Å². The van der Waals surface area contributed by atoms with Crippen LogP contribution in [0.2, 0.25) is 0 Å². The number of fused-ring (bicyclic) bond motifs is 1. The molecule has 1 heterocycles. The highest BCUT2D eigenvalue weighted by molar-refractivity contribution is 6.13. The van der Waals surface area contributed by atoms with Gasteiger partial charge in [-0.15, -0.1) is 0 Å². The van der Waals surface area contributed by atoms with Gasteiger partial charge < -0.3 is 15.4 Å². The SMILES string of the molecule is N#Cc1ccccc1-c1c(C(N)=O)c2ccccc2n1-c1ccc(O)cc1. The van der Waals surface area contributed by atoms with Crippen LogP contribution in [0.1, 0.15) is 15.9 Å². The molecule has 3 N–H and O–H groups in total. The van der Waals surface area contributed by atoms with E-state index in [9.17, 15) is 15.2 Å². The van der Waals surface area contributed by atoms with Gasteiger partial charge in [0.2, 0.25) is 0 Å². The third-order valence-electron chi connectivity index (χ3n) is 4.53. The normalized spacial score (nSPS) is 10.6. The Bertz CT molecular complexity index is 1210. The lowest BCUT2D eigenvalue weighted by Crippen LogP contribution is -2.13. The first-order chi connectivity index (χ1) is 13.1. The van der Waals surface area contributed by atoms with Gasteiger partial charge in [0.25, 0.3) is 5.91 Å². The third kappa shape index (κ3) is 2.60. The number of nitrogens with zero attached hydrogens (tertiary/aromatic N) is 2. The molecule has 0 spiro atoms. The number of aromatic hydroxyl groups is 1. The molecule has 130 valence electrons. The number of rotatable bonds is 3. The Hall–Kier alpha value is -4.04. The van der Waals surface area contributed by atoms with Crippen LogP contribution in [0.3, 0.4) is 0 Å². The van der Waals surface area contributed by atoms with Crippen molar-refractivity contribution in [2.24, 2.45) is 5.73 Å². The van der Waals surface area contributed by atoms with Crippen LogP contribution in [-0.4, -0.2) is 15.6 Å². The molecule has 0 saturated heterocycles. The second-order valence-corrected chi connectivity index (χ2v) is 6.11. The summed E-state index contributed by atoms with van der Waals surface area (Å²) in [6.45, 7) is 0. The number of nitriles is 1. The zero-order chi connectivity index (χ0) is 19.0. The summed E-state index contributed by atoms with van der Waals surface area (Å²) in [5.41, 5.74) is 9.28. The van der Waals surface area contributed by atoms with Crippen molar-refractivity contribution in [2.75, 3.05) is 0 Å². The largest absolute Gasteiger partial charge is 0.508 e. The Labute approximate surface area is 155 Å². The molecule has 1 aromatic heterocycles. The molecule has 0 saturated carbocycles. The monoisotopic (exact) mass is 353 g/mol. The van der Waals surface area contributed by atoms with Crippen molar-refractivity contribution in [3.63, 3.8) is 0 Å². The van der Waals surface area contributed by atoms with Crippen LogP contribution < -0.4 is 5.73 Å². The van der Waals surface area contributed by atoms with E-state index in [-0.39, 0.29) is 5.75 Å². The van der Waals surface area contributed by atoms with E-state index >= 15 is 0 Å². The van der Waals surface area contributed by atoms with E-state index in [1.807, 2.05) is 34.9 Å². The molecule has 0 aliphatic heterocycles. The first-order valence-electron chi connectivity index (χ1n) is 8.34. The number of benzene rings is 3. The fourth-order valence-electron chi connectivity index (χ4n) is 3.40. The molecule has 27 heavy (non-hydrogen) atoms. The number of hydrogen-bond donors (Lipinski definition) is 2. The highest BCUT2D eigenvalue weighted by Crippen LogP contribution is 2.37. The molecule has 0 bridgehead atoms. The summed E-state index contributed by atoms with van der Waals surface area (Å²) in [7, 11) is 0. The minimum Gasteiger partial charge on any atom is -0.508 e. The van der Waals surface area contributed by atoms with Crippen LogP contribution in [0.5, 0.6) is 5.75 Å². The van der Waals surface area contributed by atoms with E-state index < -0.39 is 5.91 Å². The second-order valence-electron chi connectivity index (χ2n) is 6.11. The first-order valence-corrected chi connectivity index (χ1v) is 8.34. The van der Waals surface area contributed by atoms with Crippen LogP contribution in [0.15, 0.2) is 72.8 Å². The number of hydrogen-bond acceptors (Lipinski definition) is 3. The van der Waals surface area contributed by atoms with E-state index in [1.165, 1.54) is 0 Å². The Morgan fingerprint density at radius 1 is 0.963 bits per heavy atom. The van der Waals surface area contributed by atoms with Gasteiger partial charge in [-0.3, -0.25) is 4.79 Å². The van der Waals surface area contributed by atoms with Crippen LogP contribution in [0, 0.1) is 11.3 Å². The lowest BCUT2D eigenvalue weighted by Gasteiger charge is -2.13. The number of nitrogens with two attached hydrogens (primary N) is 1. The molecule has 5 heteroatoms. The maximum atomic E-state index is 12.4. The maximum absolute atomic E-state index is 12.4. The maximum Gasteiger partial charge on any atom is 0.251 e. The van der Waals surface area contributed by atoms with Crippen LogP contribution in [-0.2, 0) is 0 Å². The first kappa shape index (κ1) is 16.4. The molecular formula is C22H15N3O2. The molecule has 5 nitrogen and oxygen atoms in total. The number of phenols is 1. The van der Waals surface area contributed by atoms with E-state index in [2.05, 4.69) is 6.07 Å². The number of aromatic nitrogens is 1. The van der Waals surface area contributed by atoms with Gasteiger partial charge in [0.1, 0.15) is 5.75 Å². The number of phenolic OH excluding ortho intramolecular Hbond substituents is 1. The molecule has 1 amide bonds. The van der Waals surface area contributed by atoms with Gasteiger partial charge in [0.05, 0.1) is 28.4 Å². The lowest BCUT2D eigenvalue weighted by molar-refractivity contribution is 0.100. The Balaban J connectivity index is 2.21. The van der Waals surface area contributed by atoms with Crippen molar-refractivity contribution < 1.29 is 9.90 Å². The van der Waals surface area contributed by atoms with Crippen LogP contribution >= 0.6 is 0 Å². The molecule has 0 atom stereocenters. The fraction of sp³-hybridized carbons (Fsp3) is 0. The molecule has 0 radical (unpaired) electrons. The summed E-state index contributed by atoms with van der Waals surface area (Å²) >= 11 is 0. The summed E-state index contributed by atoms with van der Waals surface area (Å²) in [6, 6.07) is 23.4. The van der Waals surface area contributed by atoms with Gasteiger partial charge in [-0.1, -0.05) is 36.4 Å². The van der Waals surface area contributed by atoms with Crippen molar-refractivity contribution in [1.29, 1.82) is 5.26 Å². The topological polar surface area (TPSA) is 92.0 Å². The Morgan fingerprint density at radius 2 is 1.63 bits per heavy atom. The van der Waals surface area contributed by atoms with Gasteiger partial charge >= 0.3 is 0 Å².